The molecule has 1 aliphatic heterocycles. The van der Waals surface area contributed by atoms with Gasteiger partial charge in [-0.3, -0.25) is 14.5 Å². The molecule has 1 aromatic rings. The predicted molar refractivity (Wildman–Crippen MR) is 87.6 cm³/mol. The Morgan fingerprint density at radius 1 is 1.15 bits per heavy atom. The molecule has 0 unspecified atom stereocenters. The number of nitrogens with zero attached hydrogens (tertiary/aromatic N) is 1. The molecule has 0 atom stereocenters. The molecule has 106 valence electrons. The summed E-state index contributed by atoms with van der Waals surface area (Å²) in [5.41, 5.74) is 4.89. The number of imide groups is 1. The Morgan fingerprint density at radius 2 is 1.65 bits per heavy atom. The van der Waals surface area contributed by atoms with Crippen LogP contribution in [0.1, 0.15) is 22.3 Å². The number of hydrogen-bond donors (Lipinski definition) is 0. The van der Waals surface area contributed by atoms with Gasteiger partial charge >= 0.3 is 0 Å². The first-order valence-corrected chi connectivity index (χ1v) is 9.33. The number of rotatable bonds is 2. The van der Waals surface area contributed by atoms with Gasteiger partial charge in [0.2, 0.25) is 5.91 Å². The second-order valence-corrected chi connectivity index (χ2v) is 7.69. The summed E-state index contributed by atoms with van der Waals surface area (Å²) in [6, 6.07) is 4.35. The predicted octanol–water partition coefficient (Wildman–Crippen LogP) is 3.64. The van der Waals surface area contributed by atoms with Crippen LogP contribution in [0.25, 0.3) is 0 Å². The zero-order valence-corrected chi connectivity index (χ0v) is 14.9. The van der Waals surface area contributed by atoms with Crippen LogP contribution in [0.5, 0.6) is 0 Å². The summed E-state index contributed by atoms with van der Waals surface area (Å²) in [5, 5.41) is 1.46. The topological polar surface area (TPSA) is 37.4 Å². The molecule has 1 fully saturated rings. The standard InChI is InChI=1S/C14H13Br2NO2S/c1-17-12(18)14(20-13(17)19)4-8-2-10(6-15)11(7-16)3-9(8)5-14/h2-3H,4-7H2,1H3. The quantitative estimate of drug-likeness (QED) is 0.688. The highest BCUT2D eigenvalue weighted by atomic mass is 79.9. The van der Waals surface area contributed by atoms with Crippen molar-refractivity contribution in [2.45, 2.75) is 28.2 Å². The van der Waals surface area contributed by atoms with E-state index in [0.29, 0.717) is 12.8 Å². The van der Waals surface area contributed by atoms with Gasteiger partial charge in [0.1, 0.15) is 4.75 Å². The van der Waals surface area contributed by atoms with Crippen LogP contribution in [0.3, 0.4) is 0 Å². The molecule has 0 N–H and O–H groups in total. The van der Waals surface area contributed by atoms with Crippen LogP contribution in [0.15, 0.2) is 12.1 Å². The number of benzene rings is 1. The van der Waals surface area contributed by atoms with Crippen LogP contribution in [0.2, 0.25) is 0 Å². The molecule has 1 heterocycles. The maximum Gasteiger partial charge on any atom is 0.289 e. The van der Waals surface area contributed by atoms with Gasteiger partial charge in [-0.1, -0.05) is 44.0 Å². The molecular formula is C14H13Br2NO2S. The van der Waals surface area contributed by atoms with Gasteiger partial charge in [-0.05, 0) is 46.9 Å². The average Bonchev–Trinajstić information content (AvgIpc) is 2.90. The Morgan fingerprint density at radius 3 is 2.00 bits per heavy atom. The minimum atomic E-state index is -0.595. The lowest BCUT2D eigenvalue weighted by Gasteiger charge is -2.17. The van der Waals surface area contributed by atoms with Crippen molar-refractivity contribution >= 4 is 54.8 Å². The van der Waals surface area contributed by atoms with Crippen LogP contribution in [0, 0.1) is 0 Å². The lowest BCUT2D eigenvalue weighted by Crippen LogP contribution is -2.38. The van der Waals surface area contributed by atoms with Crippen molar-refractivity contribution in [1.82, 2.24) is 4.90 Å². The van der Waals surface area contributed by atoms with Crippen LogP contribution >= 0.6 is 43.6 Å². The summed E-state index contributed by atoms with van der Waals surface area (Å²) in [4.78, 5) is 25.4. The second-order valence-electron chi connectivity index (χ2n) is 5.24. The smallest absolute Gasteiger partial charge is 0.275 e. The Bertz CT molecular complexity index is 584. The fraction of sp³-hybridized carbons (Fsp3) is 0.429. The van der Waals surface area contributed by atoms with Gasteiger partial charge in [0.05, 0.1) is 0 Å². The van der Waals surface area contributed by atoms with Crippen LogP contribution in [-0.2, 0) is 28.3 Å². The van der Waals surface area contributed by atoms with E-state index in [1.165, 1.54) is 38.9 Å². The van der Waals surface area contributed by atoms with E-state index in [-0.39, 0.29) is 11.1 Å². The SMILES string of the molecule is CN1C(=O)SC2(Cc3cc(CBr)c(CBr)cc3C2)C1=O. The molecule has 1 saturated heterocycles. The molecule has 1 spiro atoms. The molecule has 0 aromatic heterocycles. The van der Waals surface area contributed by atoms with Gasteiger partial charge in [0, 0.05) is 17.7 Å². The number of alkyl halides is 2. The third kappa shape index (κ3) is 2.07. The van der Waals surface area contributed by atoms with E-state index in [9.17, 15) is 9.59 Å². The van der Waals surface area contributed by atoms with Crippen molar-refractivity contribution in [3.8, 4) is 0 Å². The van der Waals surface area contributed by atoms with E-state index in [1.54, 1.807) is 7.05 Å². The fourth-order valence-electron chi connectivity index (χ4n) is 2.94. The molecule has 0 bridgehead atoms. The Kier molecular flexibility index (Phi) is 3.75. The molecule has 1 aliphatic carbocycles. The van der Waals surface area contributed by atoms with E-state index in [1.807, 2.05) is 0 Å². The highest BCUT2D eigenvalue weighted by Crippen LogP contribution is 2.47. The minimum absolute atomic E-state index is 0.0514. The van der Waals surface area contributed by atoms with Crippen molar-refractivity contribution in [3.63, 3.8) is 0 Å². The number of thioether (sulfide) groups is 1. The highest BCUT2D eigenvalue weighted by molar-refractivity contribution is 9.09. The number of carbonyl (C=O) groups excluding carboxylic acids is 2. The molecule has 1 aromatic carbocycles. The fourth-order valence-corrected chi connectivity index (χ4v) is 5.22. The van der Waals surface area contributed by atoms with Crippen molar-refractivity contribution in [1.29, 1.82) is 0 Å². The van der Waals surface area contributed by atoms with Crippen molar-refractivity contribution in [2.75, 3.05) is 7.05 Å². The van der Waals surface area contributed by atoms with Crippen LogP contribution in [0.4, 0.5) is 4.79 Å². The number of amides is 2. The lowest BCUT2D eigenvalue weighted by molar-refractivity contribution is -0.128. The maximum absolute atomic E-state index is 12.4. The van der Waals surface area contributed by atoms with E-state index in [4.69, 9.17) is 0 Å². The highest BCUT2D eigenvalue weighted by Gasteiger charge is 2.54. The number of carbonyl (C=O) groups is 2. The average molecular weight is 419 g/mol. The molecular weight excluding hydrogens is 406 g/mol. The van der Waals surface area contributed by atoms with Crippen molar-refractivity contribution in [3.05, 3.63) is 34.4 Å². The largest absolute Gasteiger partial charge is 0.289 e. The van der Waals surface area contributed by atoms with Gasteiger partial charge in [-0.25, -0.2) is 0 Å². The van der Waals surface area contributed by atoms with E-state index in [2.05, 4.69) is 44.0 Å². The van der Waals surface area contributed by atoms with Gasteiger partial charge < -0.3 is 0 Å². The van der Waals surface area contributed by atoms with Gasteiger partial charge in [0.25, 0.3) is 5.24 Å². The third-order valence-electron chi connectivity index (χ3n) is 4.01. The molecule has 0 saturated carbocycles. The molecule has 20 heavy (non-hydrogen) atoms. The summed E-state index contributed by atoms with van der Waals surface area (Å²) in [5.74, 6) is -0.0514. The first-order chi connectivity index (χ1) is 9.50. The van der Waals surface area contributed by atoms with E-state index >= 15 is 0 Å². The lowest BCUT2D eigenvalue weighted by atomic mass is 10.0. The maximum atomic E-state index is 12.4. The molecule has 3 nitrogen and oxygen atoms in total. The van der Waals surface area contributed by atoms with Crippen LogP contribution < -0.4 is 0 Å². The summed E-state index contributed by atoms with van der Waals surface area (Å²) in [6.07, 6.45) is 1.31. The number of fused-ring (bicyclic) bond motifs is 1. The van der Waals surface area contributed by atoms with Gasteiger partial charge in [-0.15, -0.1) is 0 Å². The molecule has 2 amide bonds. The summed E-state index contributed by atoms with van der Waals surface area (Å²) in [7, 11) is 1.57. The first-order valence-electron chi connectivity index (χ1n) is 6.27. The van der Waals surface area contributed by atoms with Gasteiger partial charge in [0.15, 0.2) is 0 Å². The zero-order chi connectivity index (χ0) is 14.5. The summed E-state index contributed by atoms with van der Waals surface area (Å²) >= 11 is 8.21. The number of hydrogen-bond acceptors (Lipinski definition) is 3. The Balaban J connectivity index is 2.01. The minimum Gasteiger partial charge on any atom is -0.275 e. The van der Waals surface area contributed by atoms with Crippen molar-refractivity contribution in [2.24, 2.45) is 0 Å². The molecule has 6 heteroatoms. The van der Waals surface area contributed by atoms with E-state index in [0.717, 1.165) is 10.7 Å². The molecule has 0 radical (unpaired) electrons. The third-order valence-corrected chi connectivity index (χ3v) is 6.52. The monoisotopic (exact) mass is 417 g/mol. The van der Waals surface area contributed by atoms with Gasteiger partial charge in [-0.2, -0.15) is 0 Å². The Labute approximate surface area is 138 Å². The van der Waals surface area contributed by atoms with Crippen LogP contribution in [-0.4, -0.2) is 27.8 Å². The van der Waals surface area contributed by atoms with E-state index < -0.39 is 4.75 Å². The second kappa shape index (κ2) is 5.14. The molecule has 2 aliphatic rings. The first kappa shape index (κ1) is 14.6. The summed E-state index contributed by atoms with van der Waals surface area (Å²) < 4.78 is -0.595. The number of halogens is 2. The zero-order valence-electron chi connectivity index (χ0n) is 10.9. The molecule has 3 rings (SSSR count). The van der Waals surface area contributed by atoms with Crippen molar-refractivity contribution < 1.29 is 9.59 Å². The Hall–Kier alpha value is -0.330. The summed E-state index contributed by atoms with van der Waals surface area (Å²) in [6.45, 7) is 0. The normalized spacial score (nSPS) is 20.1.